The molecule has 1 N–H and O–H groups in total. The van der Waals surface area contributed by atoms with Crippen LogP contribution < -0.4 is 5.32 Å². The molecule has 0 saturated carbocycles. The lowest BCUT2D eigenvalue weighted by molar-refractivity contribution is 0.102. The summed E-state index contributed by atoms with van der Waals surface area (Å²) in [5.74, 6) is -0.178. The summed E-state index contributed by atoms with van der Waals surface area (Å²) in [7, 11) is 0. The highest BCUT2D eigenvalue weighted by Gasteiger charge is 2.19. The van der Waals surface area contributed by atoms with E-state index < -0.39 is 0 Å². The SMILES string of the molecule is CCn1nc(C(=O)Nc2nc3c(s2)CCC3)cc1C. The lowest BCUT2D eigenvalue weighted by Gasteiger charge is -1.98. The Kier molecular flexibility index (Phi) is 3.10. The van der Waals surface area contributed by atoms with Crippen molar-refractivity contribution >= 4 is 22.4 Å². The molecule has 0 aliphatic heterocycles. The van der Waals surface area contributed by atoms with E-state index in [4.69, 9.17) is 0 Å². The molecule has 0 fully saturated rings. The molecule has 0 saturated heterocycles. The first-order valence-corrected chi connectivity index (χ1v) is 7.33. The van der Waals surface area contributed by atoms with E-state index in [9.17, 15) is 4.79 Å². The second-order valence-corrected chi connectivity index (χ2v) is 5.77. The number of amides is 1. The number of carbonyl (C=O) groups is 1. The van der Waals surface area contributed by atoms with Crippen molar-refractivity contribution in [3.63, 3.8) is 0 Å². The van der Waals surface area contributed by atoms with Crippen LogP contribution in [0.25, 0.3) is 0 Å². The average molecular weight is 276 g/mol. The summed E-state index contributed by atoms with van der Waals surface area (Å²) in [6.45, 7) is 4.73. The van der Waals surface area contributed by atoms with Crippen LogP contribution in [0, 0.1) is 6.92 Å². The van der Waals surface area contributed by atoms with Crippen LogP contribution in [0.4, 0.5) is 5.13 Å². The van der Waals surface area contributed by atoms with Gasteiger partial charge < -0.3 is 0 Å². The molecule has 0 atom stereocenters. The highest BCUT2D eigenvalue weighted by atomic mass is 32.1. The Balaban J connectivity index is 1.76. The van der Waals surface area contributed by atoms with Gasteiger partial charge in [0.15, 0.2) is 10.8 Å². The van der Waals surface area contributed by atoms with Crippen LogP contribution in [-0.2, 0) is 19.4 Å². The zero-order chi connectivity index (χ0) is 13.4. The molecule has 3 rings (SSSR count). The van der Waals surface area contributed by atoms with Gasteiger partial charge in [-0.1, -0.05) is 0 Å². The van der Waals surface area contributed by atoms with Gasteiger partial charge in [0.1, 0.15) is 0 Å². The number of hydrogen-bond donors (Lipinski definition) is 1. The molecule has 0 unspecified atom stereocenters. The van der Waals surface area contributed by atoms with Crippen molar-refractivity contribution in [2.45, 2.75) is 39.7 Å². The quantitative estimate of drug-likeness (QED) is 0.936. The van der Waals surface area contributed by atoms with Crippen LogP contribution in [-0.4, -0.2) is 20.7 Å². The molecule has 1 aliphatic carbocycles. The predicted octanol–water partition coefficient (Wildman–Crippen LogP) is 2.41. The minimum Gasteiger partial charge on any atom is -0.296 e. The number of nitrogens with one attached hydrogen (secondary N) is 1. The monoisotopic (exact) mass is 276 g/mol. The average Bonchev–Trinajstić information content (AvgIpc) is 3.02. The van der Waals surface area contributed by atoms with Gasteiger partial charge in [0.2, 0.25) is 0 Å². The number of nitrogens with zero attached hydrogens (tertiary/aromatic N) is 3. The molecule has 0 bridgehead atoms. The van der Waals surface area contributed by atoms with Gasteiger partial charge in [0, 0.05) is 17.1 Å². The Morgan fingerprint density at radius 2 is 2.37 bits per heavy atom. The molecule has 2 aromatic heterocycles. The van der Waals surface area contributed by atoms with E-state index in [0.717, 1.165) is 30.8 Å². The van der Waals surface area contributed by atoms with Gasteiger partial charge in [0.25, 0.3) is 5.91 Å². The van der Waals surface area contributed by atoms with Gasteiger partial charge in [-0.05, 0) is 39.2 Å². The number of rotatable bonds is 3. The standard InChI is InChI=1S/C13H16N4OS/c1-3-17-8(2)7-10(16-17)12(18)15-13-14-9-5-4-6-11(9)19-13/h7H,3-6H2,1-2H3,(H,14,15,18). The van der Waals surface area contributed by atoms with E-state index in [-0.39, 0.29) is 5.91 Å². The zero-order valence-electron chi connectivity index (χ0n) is 11.1. The second kappa shape index (κ2) is 4.77. The fourth-order valence-corrected chi connectivity index (χ4v) is 3.39. The summed E-state index contributed by atoms with van der Waals surface area (Å²) in [6, 6.07) is 1.81. The normalized spacial score (nSPS) is 13.6. The third-order valence-electron chi connectivity index (χ3n) is 3.33. The molecule has 0 radical (unpaired) electrons. The van der Waals surface area contributed by atoms with Crippen molar-refractivity contribution in [2.24, 2.45) is 0 Å². The minimum absolute atomic E-state index is 0.178. The van der Waals surface area contributed by atoms with Crippen molar-refractivity contribution in [3.05, 3.63) is 28.0 Å². The molecule has 2 heterocycles. The van der Waals surface area contributed by atoms with Gasteiger partial charge in [-0.25, -0.2) is 4.98 Å². The fourth-order valence-electron chi connectivity index (χ4n) is 2.35. The highest BCUT2D eigenvalue weighted by Crippen LogP contribution is 2.30. The van der Waals surface area contributed by atoms with Crippen molar-refractivity contribution in [3.8, 4) is 0 Å². The zero-order valence-corrected chi connectivity index (χ0v) is 11.9. The van der Waals surface area contributed by atoms with Crippen molar-refractivity contribution in [1.82, 2.24) is 14.8 Å². The van der Waals surface area contributed by atoms with E-state index in [1.807, 2.05) is 18.5 Å². The van der Waals surface area contributed by atoms with Crippen LogP contribution in [0.5, 0.6) is 0 Å². The molecule has 1 amide bonds. The van der Waals surface area contributed by atoms with Gasteiger partial charge >= 0.3 is 0 Å². The van der Waals surface area contributed by atoms with E-state index in [1.165, 1.54) is 11.3 Å². The first-order valence-electron chi connectivity index (χ1n) is 6.51. The Labute approximate surface area is 115 Å². The first kappa shape index (κ1) is 12.3. The summed E-state index contributed by atoms with van der Waals surface area (Å²) >= 11 is 1.58. The number of carbonyl (C=O) groups excluding carboxylic acids is 1. The van der Waals surface area contributed by atoms with E-state index in [1.54, 1.807) is 17.4 Å². The van der Waals surface area contributed by atoms with Gasteiger partial charge in [-0.2, -0.15) is 5.10 Å². The second-order valence-electron chi connectivity index (χ2n) is 4.68. The van der Waals surface area contributed by atoms with E-state index in [0.29, 0.717) is 10.8 Å². The maximum Gasteiger partial charge on any atom is 0.277 e. The molecule has 19 heavy (non-hydrogen) atoms. The number of fused-ring (bicyclic) bond motifs is 1. The van der Waals surface area contributed by atoms with E-state index in [2.05, 4.69) is 15.4 Å². The molecular weight excluding hydrogens is 260 g/mol. The molecule has 1 aliphatic rings. The van der Waals surface area contributed by atoms with E-state index >= 15 is 0 Å². The highest BCUT2D eigenvalue weighted by molar-refractivity contribution is 7.15. The van der Waals surface area contributed by atoms with Gasteiger partial charge in [0.05, 0.1) is 5.69 Å². The summed E-state index contributed by atoms with van der Waals surface area (Å²) < 4.78 is 1.82. The number of anilines is 1. The molecule has 100 valence electrons. The van der Waals surface area contributed by atoms with Crippen molar-refractivity contribution in [2.75, 3.05) is 5.32 Å². The molecule has 5 nitrogen and oxygen atoms in total. The molecule has 2 aromatic rings. The largest absolute Gasteiger partial charge is 0.296 e. The third kappa shape index (κ3) is 2.28. The minimum atomic E-state index is -0.178. The third-order valence-corrected chi connectivity index (χ3v) is 4.40. The Morgan fingerprint density at radius 1 is 1.53 bits per heavy atom. The molecule has 6 heteroatoms. The number of aromatic nitrogens is 3. The van der Waals surface area contributed by atoms with Gasteiger partial charge in [-0.15, -0.1) is 11.3 Å². The molecule has 0 aromatic carbocycles. The van der Waals surface area contributed by atoms with Crippen LogP contribution >= 0.6 is 11.3 Å². The smallest absolute Gasteiger partial charge is 0.277 e. The number of aryl methyl sites for hydroxylation is 4. The Bertz CT molecular complexity index is 607. The van der Waals surface area contributed by atoms with Gasteiger partial charge in [-0.3, -0.25) is 14.8 Å². The topological polar surface area (TPSA) is 59.8 Å². The maximum absolute atomic E-state index is 12.1. The lowest BCUT2D eigenvalue weighted by atomic mass is 10.3. The lowest BCUT2D eigenvalue weighted by Crippen LogP contribution is -2.13. The predicted molar refractivity (Wildman–Crippen MR) is 74.7 cm³/mol. The number of thiazole rings is 1. The van der Waals surface area contributed by atoms with Crippen LogP contribution in [0.2, 0.25) is 0 Å². The molecular formula is C13H16N4OS. The summed E-state index contributed by atoms with van der Waals surface area (Å²) in [5, 5.41) is 7.81. The fraction of sp³-hybridized carbons (Fsp3) is 0.462. The van der Waals surface area contributed by atoms with Crippen molar-refractivity contribution in [1.29, 1.82) is 0 Å². The maximum atomic E-state index is 12.1. The number of hydrogen-bond acceptors (Lipinski definition) is 4. The summed E-state index contributed by atoms with van der Waals surface area (Å²) in [5.41, 5.74) is 2.60. The summed E-state index contributed by atoms with van der Waals surface area (Å²) in [4.78, 5) is 17.9. The Morgan fingerprint density at radius 3 is 3.05 bits per heavy atom. The summed E-state index contributed by atoms with van der Waals surface area (Å²) in [6.07, 6.45) is 3.31. The van der Waals surface area contributed by atoms with Crippen molar-refractivity contribution < 1.29 is 4.79 Å². The van der Waals surface area contributed by atoms with Crippen LogP contribution in [0.15, 0.2) is 6.07 Å². The van der Waals surface area contributed by atoms with Crippen LogP contribution in [0.3, 0.4) is 0 Å². The Hall–Kier alpha value is -1.69. The molecule has 0 spiro atoms. The van der Waals surface area contributed by atoms with Crippen LogP contribution in [0.1, 0.15) is 40.1 Å². The first-order chi connectivity index (χ1) is 9.17.